The highest BCUT2D eigenvalue weighted by Crippen LogP contribution is 2.36. The second-order valence-corrected chi connectivity index (χ2v) is 9.64. The molecule has 0 radical (unpaired) electrons. The molecule has 224 valence electrons. The lowest BCUT2D eigenvalue weighted by atomic mass is 10.0. The number of hydrogen-bond acceptors (Lipinski definition) is 8. The molecular weight excluding hydrogens is 591 g/mol. The Morgan fingerprint density at radius 2 is 1.91 bits per heavy atom. The van der Waals surface area contributed by atoms with Crippen LogP contribution in [-0.4, -0.2) is 34.6 Å². The number of carbonyl (C=O) groups excluding carboxylic acids is 1. The van der Waals surface area contributed by atoms with Crippen LogP contribution in [0.1, 0.15) is 29.6 Å². The van der Waals surface area contributed by atoms with Crippen LogP contribution in [0, 0.1) is 17.2 Å². The summed E-state index contributed by atoms with van der Waals surface area (Å²) < 4.78 is 58.3. The fourth-order valence-corrected chi connectivity index (χ4v) is 4.44. The van der Waals surface area contributed by atoms with Gasteiger partial charge < -0.3 is 19.2 Å². The van der Waals surface area contributed by atoms with Gasteiger partial charge in [0.25, 0.3) is 11.5 Å². The molecule has 1 aromatic heterocycles. The van der Waals surface area contributed by atoms with Crippen molar-refractivity contribution in [3.8, 4) is 23.3 Å². The summed E-state index contributed by atoms with van der Waals surface area (Å²) in [7, 11) is 1.52. The Morgan fingerprint density at radius 3 is 2.53 bits per heavy atom. The number of aromatic nitrogens is 2. The second-order valence-electron chi connectivity index (χ2n) is 9.20. The molecule has 43 heavy (non-hydrogen) atoms. The van der Waals surface area contributed by atoms with Gasteiger partial charge in [0, 0.05) is 17.1 Å². The SMILES string of the molecule is C=C(OCC)C1C=C(Cc2nc(C(F)(F)F)c(Oc3cc(Cl)cc(C#N)c3)c(=O)[nH]2)N(Cc2ccc(OC)cc2)NC1=O. The third-order valence-corrected chi connectivity index (χ3v) is 6.39. The van der Waals surface area contributed by atoms with E-state index in [0.717, 1.165) is 17.7 Å². The minimum Gasteiger partial charge on any atom is -0.498 e. The molecule has 1 unspecified atom stereocenters. The number of alkyl halides is 3. The Bertz CT molecular complexity index is 1660. The topological polar surface area (TPSA) is 130 Å². The van der Waals surface area contributed by atoms with E-state index in [2.05, 4.69) is 22.0 Å². The van der Waals surface area contributed by atoms with E-state index in [1.54, 1.807) is 31.2 Å². The van der Waals surface area contributed by atoms with Crippen LogP contribution >= 0.6 is 11.6 Å². The van der Waals surface area contributed by atoms with E-state index in [1.165, 1.54) is 24.3 Å². The van der Waals surface area contributed by atoms with Crippen LogP contribution in [0.3, 0.4) is 0 Å². The Balaban J connectivity index is 1.73. The van der Waals surface area contributed by atoms with Gasteiger partial charge in [-0.3, -0.25) is 20.0 Å². The van der Waals surface area contributed by atoms with Crippen LogP contribution in [0.15, 0.2) is 71.4 Å². The van der Waals surface area contributed by atoms with Gasteiger partial charge in [-0.25, -0.2) is 4.98 Å². The van der Waals surface area contributed by atoms with Crippen molar-refractivity contribution >= 4 is 17.5 Å². The number of rotatable bonds is 10. The zero-order valence-electron chi connectivity index (χ0n) is 22.9. The fraction of sp³-hybridized carbons (Fsp3) is 0.241. The molecule has 0 saturated heterocycles. The van der Waals surface area contributed by atoms with Gasteiger partial charge in [-0.2, -0.15) is 18.4 Å². The Morgan fingerprint density at radius 1 is 1.19 bits per heavy atom. The van der Waals surface area contributed by atoms with Crippen LogP contribution < -0.4 is 20.5 Å². The van der Waals surface area contributed by atoms with E-state index < -0.39 is 35.0 Å². The van der Waals surface area contributed by atoms with Gasteiger partial charge in [0.1, 0.15) is 29.0 Å². The lowest BCUT2D eigenvalue weighted by Gasteiger charge is -2.34. The molecule has 2 N–H and O–H groups in total. The van der Waals surface area contributed by atoms with Crippen LogP contribution in [0.2, 0.25) is 5.02 Å². The number of nitriles is 1. The zero-order chi connectivity index (χ0) is 31.3. The maximum absolute atomic E-state index is 14.2. The van der Waals surface area contributed by atoms with Crippen molar-refractivity contribution in [2.75, 3.05) is 13.7 Å². The van der Waals surface area contributed by atoms with Crippen LogP contribution in [0.5, 0.6) is 17.2 Å². The number of benzene rings is 2. The molecule has 0 bridgehead atoms. The summed E-state index contributed by atoms with van der Waals surface area (Å²) in [6.07, 6.45) is -3.91. The number of amides is 1. The zero-order valence-corrected chi connectivity index (χ0v) is 23.7. The van der Waals surface area contributed by atoms with Crippen molar-refractivity contribution in [2.24, 2.45) is 5.92 Å². The smallest absolute Gasteiger partial charge is 0.437 e. The third kappa shape index (κ3) is 7.47. The summed E-state index contributed by atoms with van der Waals surface area (Å²) in [6, 6.07) is 12.3. The molecular formula is C29H25ClF3N5O5. The number of methoxy groups -OCH3 is 1. The average molecular weight is 616 g/mol. The van der Waals surface area contributed by atoms with Crippen molar-refractivity contribution in [1.29, 1.82) is 5.26 Å². The number of hydrazine groups is 1. The fourth-order valence-electron chi connectivity index (χ4n) is 4.21. The summed E-state index contributed by atoms with van der Waals surface area (Å²) >= 11 is 5.93. The number of ether oxygens (including phenoxy) is 3. The highest BCUT2D eigenvalue weighted by molar-refractivity contribution is 6.30. The lowest BCUT2D eigenvalue weighted by Crippen LogP contribution is -2.48. The third-order valence-electron chi connectivity index (χ3n) is 6.17. The van der Waals surface area contributed by atoms with E-state index in [-0.39, 0.29) is 47.5 Å². The first-order valence-electron chi connectivity index (χ1n) is 12.7. The molecule has 1 aliphatic heterocycles. The highest BCUT2D eigenvalue weighted by atomic mass is 35.5. The predicted octanol–water partition coefficient (Wildman–Crippen LogP) is 5.25. The maximum atomic E-state index is 14.2. The van der Waals surface area contributed by atoms with Gasteiger partial charge in [0.2, 0.25) is 5.75 Å². The number of H-pyrrole nitrogens is 1. The summed E-state index contributed by atoms with van der Waals surface area (Å²) in [6.45, 7) is 5.88. The molecule has 0 spiro atoms. The van der Waals surface area contributed by atoms with Gasteiger partial charge in [-0.05, 0) is 48.9 Å². The molecule has 14 heteroatoms. The molecule has 1 atom stereocenters. The lowest BCUT2D eigenvalue weighted by molar-refractivity contribution is -0.142. The predicted molar refractivity (Wildman–Crippen MR) is 149 cm³/mol. The largest absolute Gasteiger partial charge is 0.498 e. The number of aromatic amines is 1. The van der Waals surface area contributed by atoms with Crippen molar-refractivity contribution in [3.05, 3.63) is 105 Å². The van der Waals surface area contributed by atoms with Gasteiger partial charge in [0.05, 0.1) is 31.9 Å². The molecule has 0 saturated carbocycles. The summed E-state index contributed by atoms with van der Waals surface area (Å²) in [4.78, 5) is 31.9. The summed E-state index contributed by atoms with van der Waals surface area (Å²) in [5, 5.41) is 10.6. The highest BCUT2D eigenvalue weighted by Gasteiger charge is 2.39. The second kappa shape index (κ2) is 12.9. The van der Waals surface area contributed by atoms with Gasteiger partial charge in [-0.1, -0.05) is 30.3 Å². The standard InChI is InChI=1S/C29H25ClF3N5O5/c1-4-42-16(2)23-12-20(38(37-27(23)39)15-17-5-7-21(41-3)8-6-17)13-24-35-26(29(31,32)33)25(28(40)36-24)43-22-10-18(14-34)9-19(30)11-22/h5-12,23H,2,4,13,15H2,1,3H3,(H,37,39)(H,35,36,40). The molecule has 3 aromatic rings. The van der Waals surface area contributed by atoms with Crippen LogP contribution in [0.4, 0.5) is 13.2 Å². The Labute approximate surface area is 248 Å². The Hall–Kier alpha value is -4.96. The molecule has 2 aromatic carbocycles. The van der Waals surface area contributed by atoms with Crippen molar-refractivity contribution in [3.63, 3.8) is 0 Å². The van der Waals surface area contributed by atoms with E-state index >= 15 is 0 Å². The number of hydrogen-bond donors (Lipinski definition) is 2. The number of carbonyl (C=O) groups is 1. The molecule has 10 nitrogen and oxygen atoms in total. The minimum atomic E-state index is -5.08. The average Bonchev–Trinajstić information content (AvgIpc) is 2.95. The van der Waals surface area contributed by atoms with Gasteiger partial charge in [-0.15, -0.1) is 0 Å². The van der Waals surface area contributed by atoms with E-state index in [0.29, 0.717) is 11.4 Å². The van der Waals surface area contributed by atoms with Crippen molar-refractivity contribution < 1.29 is 32.2 Å². The first kappa shape index (κ1) is 31.0. The van der Waals surface area contributed by atoms with Crippen LogP contribution in [-0.2, 0) is 28.7 Å². The molecule has 1 amide bonds. The quantitative estimate of drug-likeness (QED) is 0.296. The van der Waals surface area contributed by atoms with Crippen LogP contribution in [0.25, 0.3) is 0 Å². The summed E-state index contributed by atoms with van der Waals surface area (Å²) in [5.74, 6) is -2.38. The maximum Gasteiger partial charge on any atom is 0.437 e. The molecule has 1 aliphatic rings. The number of allylic oxidation sites excluding steroid dienone is 1. The van der Waals surface area contributed by atoms with Crippen molar-refractivity contribution in [1.82, 2.24) is 20.4 Å². The normalized spacial score (nSPS) is 14.8. The molecule has 0 fully saturated rings. The van der Waals surface area contributed by atoms with Crippen molar-refractivity contribution in [2.45, 2.75) is 26.1 Å². The number of nitrogens with one attached hydrogen (secondary N) is 2. The first-order chi connectivity index (χ1) is 20.4. The van der Waals surface area contributed by atoms with Gasteiger partial charge in [0.15, 0.2) is 5.69 Å². The van der Waals surface area contributed by atoms with E-state index in [4.69, 9.17) is 31.1 Å². The first-order valence-corrected chi connectivity index (χ1v) is 13.1. The molecule has 4 rings (SSSR count). The van der Waals surface area contributed by atoms with Gasteiger partial charge >= 0.3 is 6.18 Å². The minimum absolute atomic E-state index is 0.0171. The van der Waals surface area contributed by atoms with E-state index in [1.807, 2.05) is 6.07 Å². The van der Waals surface area contributed by atoms with E-state index in [9.17, 15) is 22.8 Å². The number of nitrogens with zero attached hydrogens (tertiary/aromatic N) is 3. The number of halogens is 4. The Kier molecular flexibility index (Phi) is 9.30. The monoisotopic (exact) mass is 615 g/mol. The molecule has 2 heterocycles. The summed E-state index contributed by atoms with van der Waals surface area (Å²) in [5.41, 5.74) is 1.01. The molecule has 0 aliphatic carbocycles.